The molecule has 0 saturated carbocycles. The molecule has 0 aliphatic rings. The highest BCUT2D eigenvalue weighted by atomic mass is 127. The topological polar surface area (TPSA) is 56.0 Å². The Morgan fingerprint density at radius 3 is 2.64 bits per heavy atom. The largest absolute Gasteiger partial charge is 0.373 e. The monoisotopic (exact) mass is 378 g/mol. The van der Waals surface area contributed by atoms with E-state index < -0.39 is 22.7 Å². The van der Waals surface area contributed by atoms with Crippen molar-refractivity contribution in [1.82, 2.24) is 4.98 Å². The first-order valence-corrected chi connectivity index (χ1v) is 5.09. The van der Waals surface area contributed by atoms with Crippen LogP contribution in [0.4, 0.5) is 14.6 Å². The lowest BCUT2D eigenvalue weighted by molar-refractivity contribution is -0.391. The van der Waals surface area contributed by atoms with Crippen LogP contribution in [-0.2, 0) is 0 Å². The minimum Gasteiger partial charge on any atom is -0.358 e. The third kappa shape index (κ3) is 2.35. The van der Waals surface area contributed by atoms with Gasteiger partial charge in [-0.25, -0.2) is 8.78 Å². The van der Waals surface area contributed by atoms with Crippen molar-refractivity contribution >= 4 is 44.3 Å². The van der Waals surface area contributed by atoms with Crippen LogP contribution in [0.15, 0.2) is 10.5 Å². The maximum absolute atomic E-state index is 12.3. The molecule has 0 bridgehead atoms. The molecule has 0 radical (unpaired) electrons. The number of pyridine rings is 1. The van der Waals surface area contributed by atoms with Crippen LogP contribution < -0.4 is 0 Å². The molecule has 1 heterocycles. The highest BCUT2D eigenvalue weighted by Crippen LogP contribution is 2.31. The lowest BCUT2D eigenvalue weighted by Crippen LogP contribution is -2.01. The van der Waals surface area contributed by atoms with Crippen molar-refractivity contribution in [3.63, 3.8) is 0 Å². The van der Waals surface area contributed by atoms with Gasteiger partial charge in [-0.15, -0.1) is 0 Å². The molecule has 4 nitrogen and oxygen atoms in total. The first-order chi connectivity index (χ1) is 6.43. The molecule has 0 unspecified atom stereocenters. The lowest BCUT2D eigenvalue weighted by atomic mass is 10.3. The molecule has 0 fully saturated rings. The second-order valence-corrected chi connectivity index (χ2v) is 4.11. The Bertz CT molecular complexity index is 388. The second kappa shape index (κ2) is 4.43. The van der Waals surface area contributed by atoms with Crippen molar-refractivity contribution in [1.29, 1.82) is 0 Å². The fourth-order valence-corrected chi connectivity index (χ4v) is 1.50. The molecule has 0 atom stereocenters. The van der Waals surface area contributed by atoms with Gasteiger partial charge in [0.1, 0.15) is 5.56 Å². The Balaban J connectivity index is 3.39. The molecule has 8 heteroatoms. The zero-order valence-corrected chi connectivity index (χ0v) is 10.1. The van der Waals surface area contributed by atoms with Gasteiger partial charge in [-0.1, -0.05) is 0 Å². The van der Waals surface area contributed by atoms with E-state index in [0.29, 0.717) is 4.47 Å². The summed E-state index contributed by atoms with van der Waals surface area (Å²) in [5, 5.41) is 10.4. The van der Waals surface area contributed by atoms with Crippen molar-refractivity contribution in [2.75, 3.05) is 0 Å². The zero-order chi connectivity index (χ0) is 10.9. The molecule has 0 aliphatic carbocycles. The predicted octanol–water partition coefficient (Wildman–Crippen LogP) is 3.29. The molecule has 0 aromatic carbocycles. The van der Waals surface area contributed by atoms with Crippen molar-refractivity contribution in [2.24, 2.45) is 0 Å². The van der Waals surface area contributed by atoms with E-state index in [-0.39, 0.29) is 3.70 Å². The van der Waals surface area contributed by atoms with Gasteiger partial charge < -0.3 is 10.1 Å². The number of nitrogens with zero attached hydrogens (tertiary/aromatic N) is 2. The van der Waals surface area contributed by atoms with Gasteiger partial charge in [-0.05, 0) is 31.9 Å². The van der Waals surface area contributed by atoms with E-state index in [9.17, 15) is 18.9 Å². The fraction of sp³-hybridized carbons (Fsp3) is 0.167. The number of halogens is 4. The van der Waals surface area contributed by atoms with Gasteiger partial charge in [0.25, 0.3) is 6.43 Å². The molecule has 0 spiro atoms. The quantitative estimate of drug-likeness (QED) is 0.343. The number of alkyl halides is 2. The normalized spacial score (nSPS) is 10.6. The molecule has 14 heavy (non-hydrogen) atoms. The van der Waals surface area contributed by atoms with Crippen LogP contribution in [0.1, 0.15) is 12.0 Å². The maximum atomic E-state index is 12.3. The van der Waals surface area contributed by atoms with Crippen molar-refractivity contribution in [3.8, 4) is 0 Å². The average Bonchev–Trinajstić information content (AvgIpc) is 2.08. The van der Waals surface area contributed by atoms with Crippen LogP contribution in [-0.4, -0.2) is 9.91 Å². The molecule has 1 aromatic rings. The number of hydrogen-bond acceptors (Lipinski definition) is 3. The number of nitro groups is 1. The molecule has 76 valence electrons. The molecule has 0 N–H and O–H groups in total. The van der Waals surface area contributed by atoms with Crippen LogP contribution in [0.25, 0.3) is 0 Å². The van der Waals surface area contributed by atoms with Crippen LogP contribution in [0.5, 0.6) is 0 Å². The second-order valence-electron chi connectivity index (χ2n) is 2.23. The summed E-state index contributed by atoms with van der Waals surface area (Å²) in [5.41, 5.74) is -0.678. The Kier molecular flexibility index (Phi) is 3.70. The first kappa shape index (κ1) is 11.7. The average molecular weight is 379 g/mol. The Morgan fingerprint density at radius 1 is 1.64 bits per heavy atom. The van der Waals surface area contributed by atoms with Crippen LogP contribution in [0.2, 0.25) is 0 Å². The Morgan fingerprint density at radius 2 is 2.21 bits per heavy atom. The molecule has 0 aliphatic heterocycles. The third-order valence-electron chi connectivity index (χ3n) is 1.35. The van der Waals surface area contributed by atoms with Crippen molar-refractivity contribution in [2.45, 2.75) is 6.43 Å². The minimum absolute atomic E-state index is 0.277. The highest BCUT2D eigenvalue weighted by molar-refractivity contribution is 14.1. The predicted molar refractivity (Wildman–Crippen MR) is 56.3 cm³/mol. The summed E-state index contributed by atoms with van der Waals surface area (Å²) >= 11 is 4.69. The van der Waals surface area contributed by atoms with Crippen LogP contribution >= 0.6 is 38.5 Å². The third-order valence-corrected chi connectivity index (χ3v) is 3.52. The Labute approximate surface area is 99.1 Å². The van der Waals surface area contributed by atoms with Gasteiger partial charge in [-0.2, -0.15) is 0 Å². The maximum Gasteiger partial charge on any atom is 0.373 e. The van der Waals surface area contributed by atoms with E-state index in [0.717, 1.165) is 6.07 Å². The van der Waals surface area contributed by atoms with Gasteiger partial charge in [0.05, 0.1) is 4.47 Å². The molecule has 1 rings (SSSR count). The van der Waals surface area contributed by atoms with Crippen LogP contribution in [0, 0.1) is 13.8 Å². The summed E-state index contributed by atoms with van der Waals surface area (Å²) in [6, 6.07) is 1.01. The van der Waals surface area contributed by atoms with Gasteiger partial charge in [-0.3, -0.25) is 0 Å². The van der Waals surface area contributed by atoms with E-state index in [4.69, 9.17) is 0 Å². The molecule has 0 amide bonds. The fourth-order valence-electron chi connectivity index (χ4n) is 0.778. The van der Waals surface area contributed by atoms with Gasteiger partial charge >= 0.3 is 5.82 Å². The SMILES string of the molecule is O=[N+]([O-])c1nc(I)c(Br)cc1C(F)F. The summed E-state index contributed by atoms with van der Waals surface area (Å²) in [6.07, 6.45) is -2.91. The van der Waals surface area contributed by atoms with Crippen molar-refractivity contribution in [3.05, 3.63) is 29.9 Å². The number of aromatic nitrogens is 1. The van der Waals surface area contributed by atoms with Gasteiger partial charge in [0.15, 0.2) is 0 Å². The van der Waals surface area contributed by atoms with E-state index in [1.807, 2.05) is 0 Å². The van der Waals surface area contributed by atoms with Gasteiger partial charge in [0, 0.05) is 22.6 Å². The van der Waals surface area contributed by atoms with E-state index >= 15 is 0 Å². The number of rotatable bonds is 2. The number of hydrogen-bond donors (Lipinski definition) is 0. The van der Waals surface area contributed by atoms with Gasteiger partial charge in [0.2, 0.25) is 3.70 Å². The molecular formula is C6H2BrF2IN2O2. The standard InChI is InChI=1S/C6H2BrF2IN2O2/c7-3-1-2(4(8)9)6(12(13)14)11-5(3)10/h1,4H. The highest BCUT2D eigenvalue weighted by Gasteiger charge is 2.25. The first-order valence-electron chi connectivity index (χ1n) is 3.22. The van der Waals surface area contributed by atoms with Crippen molar-refractivity contribution < 1.29 is 13.7 Å². The molecule has 0 saturated heterocycles. The summed E-state index contributed by atoms with van der Waals surface area (Å²) in [6.45, 7) is 0. The summed E-state index contributed by atoms with van der Waals surface area (Å²) in [7, 11) is 0. The Hall–Kier alpha value is -0.380. The zero-order valence-electron chi connectivity index (χ0n) is 6.38. The van der Waals surface area contributed by atoms with E-state index in [1.54, 1.807) is 22.6 Å². The minimum atomic E-state index is -2.91. The summed E-state index contributed by atoms with van der Waals surface area (Å²) in [4.78, 5) is 12.9. The lowest BCUT2D eigenvalue weighted by Gasteiger charge is -2.01. The molecular weight excluding hydrogens is 377 g/mol. The van der Waals surface area contributed by atoms with E-state index in [1.165, 1.54) is 0 Å². The smallest absolute Gasteiger partial charge is 0.358 e. The van der Waals surface area contributed by atoms with Crippen LogP contribution in [0.3, 0.4) is 0 Å². The summed E-state index contributed by atoms with van der Waals surface area (Å²) in [5.74, 6) is -0.799. The summed E-state index contributed by atoms with van der Waals surface area (Å²) < 4.78 is 25.3. The molecule has 1 aromatic heterocycles. The van der Waals surface area contributed by atoms with E-state index in [2.05, 4.69) is 20.9 Å².